The van der Waals surface area contributed by atoms with E-state index in [2.05, 4.69) is 31.3 Å². The lowest BCUT2D eigenvalue weighted by atomic mass is 10.0. The van der Waals surface area contributed by atoms with Crippen molar-refractivity contribution in [3.8, 4) is 16.9 Å². The number of nitrogens with zero attached hydrogens (tertiary/aromatic N) is 3. The van der Waals surface area contributed by atoms with Crippen molar-refractivity contribution in [3.63, 3.8) is 0 Å². The van der Waals surface area contributed by atoms with Gasteiger partial charge < -0.3 is 4.90 Å². The Bertz CT molecular complexity index is 1380. The summed E-state index contributed by atoms with van der Waals surface area (Å²) >= 11 is 5.99. The molecule has 0 saturated carbocycles. The van der Waals surface area contributed by atoms with Crippen LogP contribution in [-0.4, -0.2) is 39.4 Å². The second kappa shape index (κ2) is 12.1. The van der Waals surface area contributed by atoms with E-state index in [4.69, 9.17) is 16.6 Å². The third-order valence-electron chi connectivity index (χ3n) is 6.16. The van der Waals surface area contributed by atoms with Crippen LogP contribution in [0.4, 0.5) is 5.95 Å². The second-order valence-corrected chi connectivity index (χ2v) is 10.5. The highest BCUT2D eigenvalue weighted by molar-refractivity contribution is 6.30. The van der Waals surface area contributed by atoms with Crippen molar-refractivity contribution in [3.05, 3.63) is 101 Å². The van der Waals surface area contributed by atoms with E-state index in [-0.39, 0.29) is 24.3 Å². The van der Waals surface area contributed by atoms with Crippen LogP contribution in [0.15, 0.2) is 85.1 Å². The first-order valence-electron chi connectivity index (χ1n) is 12.8. The number of carbonyl (C=O) groups excluding carboxylic acids is 2. The minimum Gasteiger partial charge on any atom is -0.329 e. The summed E-state index contributed by atoms with van der Waals surface area (Å²) in [6.45, 7) is 8.67. The van der Waals surface area contributed by atoms with E-state index in [0.29, 0.717) is 29.0 Å². The highest BCUT2D eigenvalue weighted by Gasteiger charge is 2.22. The third-order valence-corrected chi connectivity index (χ3v) is 6.41. The van der Waals surface area contributed by atoms with Gasteiger partial charge in [0, 0.05) is 34.6 Å². The van der Waals surface area contributed by atoms with Gasteiger partial charge >= 0.3 is 0 Å². The van der Waals surface area contributed by atoms with Crippen LogP contribution in [0, 0.1) is 5.92 Å². The Morgan fingerprint density at radius 3 is 2.18 bits per heavy atom. The number of nitrogens with one attached hydrogen (secondary N) is 1. The van der Waals surface area contributed by atoms with Gasteiger partial charge in [-0.15, -0.1) is 0 Å². The summed E-state index contributed by atoms with van der Waals surface area (Å²) in [6.07, 6.45) is 1.92. The molecule has 38 heavy (non-hydrogen) atoms. The van der Waals surface area contributed by atoms with E-state index < -0.39 is 0 Å². The third kappa shape index (κ3) is 6.69. The van der Waals surface area contributed by atoms with Gasteiger partial charge in [-0.1, -0.05) is 81.8 Å². The Morgan fingerprint density at radius 1 is 0.921 bits per heavy atom. The number of hydrogen-bond donors (Lipinski definition) is 1. The van der Waals surface area contributed by atoms with Crippen LogP contribution in [0.25, 0.3) is 16.9 Å². The van der Waals surface area contributed by atoms with Gasteiger partial charge in [0.25, 0.3) is 5.91 Å². The maximum atomic E-state index is 13.3. The topological polar surface area (TPSA) is 67.2 Å². The van der Waals surface area contributed by atoms with Crippen molar-refractivity contribution in [2.24, 2.45) is 5.92 Å². The Hall–Kier alpha value is -3.90. The molecule has 0 fully saturated rings. The number of amides is 2. The molecule has 0 spiro atoms. The van der Waals surface area contributed by atoms with E-state index >= 15 is 0 Å². The Labute approximate surface area is 229 Å². The zero-order valence-corrected chi connectivity index (χ0v) is 22.9. The lowest BCUT2D eigenvalue weighted by molar-refractivity contribution is -0.117. The smallest absolute Gasteiger partial charge is 0.254 e. The quantitative estimate of drug-likeness (QED) is 0.253. The maximum Gasteiger partial charge on any atom is 0.254 e. The minimum atomic E-state index is -0.321. The summed E-state index contributed by atoms with van der Waals surface area (Å²) in [6, 6.07) is 24.7. The van der Waals surface area contributed by atoms with Crippen LogP contribution in [0.3, 0.4) is 0 Å². The van der Waals surface area contributed by atoms with Crippen molar-refractivity contribution in [2.75, 3.05) is 18.4 Å². The van der Waals surface area contributed by atoms with Gasteiger partial charge in [0.15, 0.2) is 0 Å². The van der Waals surface area contributed by atoms with Crippen LogP contribution in [0.2, 0.25) is 5.02 Å². The van der Waals surface area contributed by atoms with Crippen LogP contribution in [0.5, 0.6) is 0 Å². The molecule has 1 aromatic heterocycles. The van der Waals surface area contributed by atoms with Crippen molar-refractivity contribution < 1.29 is 9.59 Å². The molecule has 0 bridgehead atoms. The van der Waals surface area contributed by atoms with Crippen LogP contribution < -0.4 is 5.32 Å². The summed E-state index contributed by atoms with van der Waals surface area (Å²) in [5, 5.41) is 3.51. The molecule has 0 aliphatic heterocycles. The number of rotatable bonds is 9. The summed E-state index contributed by atoms with van der Waals surface area (Å²) < 4.78 is 1.87. The number of imidazole rings is 1. The molecule has 0 aliphatic rings. The van der Waals surface area contributed by atoms with Crippen molar-refractivity contribution in [1.29, 1.82) is 0 Å². The van der Waals surface area contributed by atoms with Crippen LogP contribution in [0.1, 0.15) is 49.5 Å². The molecule has 4 rings (SSSR count). The molecule has 196 valence electrons. The largest absolute Gasteiger partial charge is 0.329 e. The standard InChI is InChI=1S/C31H33ClN4O2/c1-21(2)18-35(30(38)25-10-14-26(32)15-11-25)20-29(37)34-31-33-28(24-8-6-5-7-9-24)19-36(31)27-16-12-23(13-17-27)22(3)4/h5-17,19,21-22H,18,20H2,1-4H3,(H,33,34,37). The molecular formula is C31H33ClN4O2. The minimum absolute atomic E-state index is 0.0978. The van der Waals surface area contributed by atoms with Gasteiger partial charge in [-0.2, -0.15) is 0 Å². The highest BCUT2D eigenvalue weighted by Crippen LogP contribution is 2.25. The molecule has 6 nitrogen and oxygen atoms in total. The monoisotopic (exact) mass is 528 g/mol. The normalized spacial score (nSPS) is 11.1. The number of carbonyl (C=O) groups is 2. The first-order chi connectivity index (χ1) is 18.2. The maximum absolute atomic E-state index is 13.3. The van der Waals surface area contributed by atoms with E-state index in [9.17, 15) is 9.59 Å². The number of halogens is 1. The molecular weight excluding hydrogens is 496 g/mol. The molecule has 0 aliphatic carbocycles. The predicted molar refractivity (Wildman–Crippen MR) is 154 cm³/mol. The molecule has 1 N–H and O–H groups in total. The zero-order valence-electron chi connectivity index (χ0n) is 22.2. The fourth-order valence-corrected chi connectivity index (χ4v) is 4.33. The zero-order chi connectivity index (χ0) is 27.2. The van der Waals surface area contributed by atoms with E-state index in [0.717, 1.165) is 16.9 Å². The van der Waals surface area contributed by atoms with Gasteiger partial charge in [-0.05, 0) is 53.8 Å². The summed E-state index contributed by atoms with van der Waals surface area (Å²) in [4.78, 5) is 32.8. The Morgan fingerprint density at radius 2 is 1.58 bits per heavy atom. The fraction of sp³-hybridized carbons (Fsp3) is 0.258. The average molecular weight is 529 g/mol. The Kier molecular flexibility index (Phi) is 8.64. The van der Waals surface area contributed by atoms with Crippen molar-refractivity contribution in [2.45, 2.75) is 33.6 Å². The van der Waals surface area contributed by atoms with E-state index in [1.165, 1.54) is 5.56 Å². The molecule has 7 heteroatoms. The fourth-order valence-electron chi connectivity index (χ4n) is 4.21. The van der Waals surface area contributed by atoms with Gasteiger partial charge in [0.1, 0.15) is 6.54 Å². The molecule has 0 unspecified atom stereocenters. The highest BCUT2D eigenvalue weighted by atomic mass is 35.5. The second-order valence-electron chi connectivity index (χ2n) is 10.1. The summed E-state index contributed by atoms with van der Waals surface area (Å²) in [5.41, 5.74) is 4.29. The van der Waals surface area contributed by atoms with Crippen molar-refractivity contribution >= 4 is 29.4 Å². The lowest BCUT2D eigenvalue weighted by Crippen LogP contribution is -2.40. The molecule has 0 atom stereocenters. The van der Waals surface area contributed by atoms with Crippen LogP contribution in [-0.2, 0) is 4.79 Å². The molecule has 2 amide bonds. The first-order valence-corrected chi connectivity index (χ1v) is 13.2. The van der Waals surface area contributed by atoms with Gasteiger partial charge in [0.2, 0.25) is 11.9 Å². The predicted octanol–water partition coefficient (Wildman–Crippen LogP) is 7.05. The van der Waals surface area contributed by atoms with Crippen molar-refractivity contribution in [1.82, 2.24) is 14.5 Å². The Balaban J connectivity index is 1.61. The SMILES string of the molecule is CC(C)CN(CC(=O)Nc1nc(-c2ccccc2)cn1-c1ccc(C(C)C)cc1)C(=O)c1ccc(Cl)cc1. The molecule has 4 aromatic rings. The van der Waals surface area contributed by atoms with Gasteiger partial charge in [-0.25, -0.2) is 4.98 Å². The molecule has 3 aromatic carbocycles. The number of anilines is 1. The summed E-state index contributed by atoms with van der Waals surface area (Å²) in [7, 11) is 0. The first kappa shape index (κ1) is 27.1. The number of benzene rings is 3. The molecule has 0 saturated heterocycles. The average Bonchev–Trinajstić information content (AvgIpc) is 3.32. The van der Waals surface area contributed by atoms with Crippen LogP contribution >= 0.6 is 11.6 Å². The number of hydrogen-bond acceptors (Lipinski definition) is 3. The van der Waals surface area contributed by atoms with E-state index in [1.54, 1.807) is 29.2 Å². The van der Waals surface area contributed by atoms with E-state index in [1.807, 2.05) is 67.1 Å². The summed E-state index contributed by atoms with van der Waals surface area (Å²) in [5.74, 6) is 0.456. The lowest BCUT2D eigenvalue weighted by Gasteiger charge is -2.24. The number of aromatic nitrogens is 2. The van der Waals surface area contributed by atoms with Gasteiger partial charge in [0.05, 0.1) is 5.69 Å². The molecule has 0 radical (unpaired) electrons. The molecule has 1 heterocycles. The van der Waals surface area contributed by atoms with Gasteiger partial charge in [-0.3, -0.25) is 19.5 Å².